The number of rotatable bonds is 5. The fourth-order valence-corrected chi connectivity index (χ4v) is 1.88. The van der Waals surface area contributed by atoms with Crippen LogP contribution in [0.3, 0.4) is 0 Å². The van der Waals surface area contributed by atoms with Gasteiger partial charge in [0.05, 0.1) is 6.73 Å². The molecule has 1 aromatic carbocycles. The van der Waals surface area contributed by atoms with E-state index in [4.69, 9.17) is 4.74 Å². The maximum Gasteiger partial charge on any atom is 0.0984 e. The number of benzene rings is 1. The van der Waals surface area contributed by atoms with E-state index in [0.29, 0.717) is 6.73 Å². The first kappa shape index (κ1) is 13.2. The van der Waals surface area contributed by atoms with Crippen molar-refractivity contribution >= 4 is 0 Å². The van der Waals surface area contributed by atoms with E-state index in [2.05, 4.69) is 44.9 Å². The minimum Gasteiger partial charge on any atom is -0.369 e. The van der Waals surface area contributed by atoms with Gasteiger partial charge in [-0.2, -0.15) is 0 Å². The van der Waals surface area contributed by atoms with Crippen molar-refractivity contribution in [3.8, 4) is 0 Å². The third-order valence-electron chi connectivity index (χ3n) is 3.28. The highest BCUT2D eigenvalue weighted by Gasteiger charge is 2.05. The van der Waals surface area contributed by atoms with E-state index in [1.165, 1.54) is 22.3 Å². The zero-order valence-corrected chi connectivity index (χ0v) is 11.1. The lowest BCUT2D eigenvalue weighted by molar-refractivity contribution is 0.0827. The molecule has 2 heteroatoms. The molecule has 0 fully saturated rings. The SMILES string of the molecule is COCN(C)CCc1ccc(C)c(C)c1C. The molecular weight excluding hydrogens is 198 g/mol. The van der Waals surface area contributed by atoms with Gasteiger partial charge in [0.15, 0.2) is 0 Å². The van der Waals surface area contributed by atoms with Crippen LogP contribution in [0.2, 0.25) is 0 Å². The Kier molecular flexibility index (Phi) is 4.97. The molecule has 1 rings (SSSR count). The van der Waals surface area contributed by atoms with Crippen LogP contribution in [0, 0.1) is 20.8 Å². The van der Waals surface area contributed by atoms with Crippen LogP contribution in [0.4, 0.5) is 0 Å². The molecule has 0 aliphatic rings. The highest BCUT2D eigenvalue weighted by molar-refractivity contribution is 5.38. The molecule has 0 radical (unpaired) electrons. The molecule has 0 heterocycles. The summed E-state index contributed by atoms with van der Waals surface area (Å²) >= 11 is 0. The van der Waals surface area contributed by atoms with Crippen LogP contribution in [-0.2, 0) is 11.2 Å². The molecule has 2 nitrogen and oxygen atoms in total. The second kappa shape index (κ2) is 6.02. The number of hydrogen-bond acceptors (Lipinski definition) is 2. The molecule has 0 aliphatic carbocycles. The Balaban J connectivity index is 2.64. The molecule has 90 valence electrons. The maximum absolute atomic E-state index is 5.09. The van der Waals surface area contributed by atoms with Crippen molar-refractivity contribution in [2.24, 2.45) is 0 Å². The number of aryl methyl sites for hydroxylation is 1. The van der Waals surface area contributed by atoms with Crippen molar-refractivity contribution in [1.82, 2.24) is 4.90 Å². The van der Waals surface area contributed by atoms with Gasteiger partial charge in [-0.15, -0.1) is 0 Å². The van der Waals surface area contributed by atoms with E-state index in [9.17, 15) is 0 Å². The van der Waals surface area contributed by atoms with Crippen molar-refractivity contribution < 1.29 is 4.74 Å². The van der Waals surface area contributed by atoms with Crippen LogP contribution in [-0.4, -0.2) is 32.3 Å². The van der Waals surface area contributed by atoms with Crippen LogP contribution in [0.1, 0.15) is 22.3 Å². The third-order valence-corrected chi connectivity index (χ3v) is 3.28. The Morgan fingerprint density at radius 1 is 1.12 bits per heavy atom. The largest absolute Gasteiger partial charge is 0.369 e. The van der Waals surface area contributed by atoms with Crippen LogP contribution in [0.5, 0.6) is 0 Å². The molecule has 0 bridgehead atoms. The lowest BCUT2D eigenvalue weighted by atomic mass is 9.97. The van der Waals surface area contributed by atoms with Gasteiger partial charge in [0.25, 0.3) is 0 Å². The quantitative estimate of drug-likeness (QED) is 0.709. The van der Waals surface area contributed by atoms with E-state index in [0.717, 1.165) is 13.0 Å². The molecule has 1 aromatic rings. The zero-order chi connectivity index (χ0) is 12.1. The van der Waals surface area contributed by atoms with Gasteiger partial charge >= 0.3 is 0 Å². The molecule has 0 saturated carbocycles. The molecule has 16 heavy (non-hydrogen) atoms. The smallest absolute Gasteiger partial charge is 0.0984 e. The lowest BCUT2D eigenvalue weighted by Gasteiger charge is -2.17. The summed E-state index contributed by atoms with van der Waals surface area (Å²) in [6.45, 7) is 8.32. The summed E-state index contributed by atoms with van der Waals surface area (Å²) in [6, 6.07) is 4.46. The molecule has 0 amide bonds. The van der Waals surface area contributed by atoms with E-state index in [1.54, 1.807) is 7.11 Å². The summed E-state index contributed by atoms with van der Waals surface area (Å²) in [7, 11) is 3.82. The Bertz CT molecular complexity index is 347. The average Bonchev–Trinajstić information content (AvgIpc) is 2.25. The first-order chi connectivity index (χ1) is 7.56. The first-order valence-corrected chi connectivity index (χ1v) is 5.79. The van der Waals surface area contributed by atoms with Gasteiger partial charge in [-0.25, -0.2) is 0 Å². The van der Waals surface area contributed by atoms with Gasteiger partial charge in [0.1, 0.15) is 0 Å². The summed E-state index contributed by atoms with van der Waals surface area (Å²) in [4.78, 5) is 2.19. The van der Waals surface area contributed by atoms with Gasteiger partial charge in [0, 0.05) is 13.7 Å². The van der Waals surface area contributed by atoms with Crippen LogP contribution in [0.15, 0.2) is 12.1 Å². The van der Waals surface area contributed by atoms with Crippen LogP contribution in [0.25, 0.3) is 0 Å². The topological polar surface area (TPSA) is 12.5 Å². The van der Waals surface area contributed by atoms with Gasteiger partial charge in [-0.05, 0) is 56.5 Å². The normalized spacial score (nSPS) is 11.1. The lowest BCUT2D eigenvalue weighted by Crippen LogP contribution is -2.23. The van der Waals surface area contributed by atoms with Gasteiger partial charge in [-0.3, -0.25) is 4.90 Å². The van der Waals surface area contributed by atoms with Gasteiger partial charge < -0.3 is 4.74 Å². The molecule has 0 unspecified atom stereocenters. The predicted molar refractivity (Wildman–Crippen MR) is 68.9 cm³/mol. The number of ether oxygens (including phenoxy) is 1. The van der Waals surface area contributed by atoms with E-state index in [-0.39, 0.29) is 0 Å². The van der Waals surface area contributed by atoms with Crippen LogP contribution < -0.4 is 0 Å². The molecular formula is C14H23NO. The molecule has 0 spiro atoms. The Hall–Kier alpha value is -0.860. The van der Waals surface area contributed by atoms with E-state index in [1.807, 2.05) is 0 Å². The van der Waals surface area contributed by atoms with Crippen molar-refractivity contribution in [2.45, 2.75) is 27.2 Å². The molecule has 0 atom stereocenters. The van der Waals surface area contributed by atoms with E-state index < -0.39 is 0 Å². The second-order valence-corrected chi connectivity index (χ2v) is 4.54. The summed E-state index contributed by atoms with van der Waals surface area (Å²) in [5.74, 6) is 0. The second-order valence-electron chi connectivity index (χ2n) is 4.54. The monoisotopic (exact) mass is 221 g/mol. The third kappa shape index (κ3) is 3.32. The van der Waals surface area contributed by atoms with Gasteiger partial charge in [0.2, 0.25) is 0 Å². The van der Waals surface area contributed by atoms with Crippen molar-refractivity contribution in [3.05, 3.63) is 34.4 Å². The highest BCUT2D eigenvalue weighted by atomic mass is 16.5. The number of methoxy groups -OCH3 is 1. The molecule has 0 aliphatic heterocycles. The maximum atomic E-state index is 5.09. The van der Waals surface area contributed by atoms with Crippen LogP contribution >= 0.6 is 0 Å². The predicted octanol–water partition coefficient (Wildman–Crippen LogP) is 2.69. The molecule has 0 saturated heterocycles. The summed E-state index contributed by atoms with van der Waals surface area (Å²) in [5, 5.41) is 0. The Morgan fingerprint density at radius 2 is 1.81 bits per heavy atom. The summed E-state index contributed by atoms with van der Waals surface area (Å²) < 4.78 is 5.09. The fraction of sp³-hybridized carbons (Fsp3) is 0.571. The summed E-state index contributed by atoms with van der Waals surface area (Å²) in [5.41, 5.74) is 5.69. The zero-order valence-electron chi connectivity index (χ0n) is 11.1. The number of likely N-dealkylation sites (N-methyl/N-ethyl adjacent to an activating group) is 1. The van der Waals surface area contributed by atoms with Gasteiger partial charge in [-0.1, -0.05) is 12.1 Å². The Morgan fingerprint density at radius 3 is 2.44 bits per heavy atom. The first-order valence-electron chi connectivity index (χ1n) is 5.79. The number of nitrogens with zero attached hydrogens (tertiary/aromatic N) is 1. The summed E-state index contributed by atoms with van der Waals surface area (Å²) in [6.07, 6.45) is 1.09. The van der Waals surface area contributed by atoms with E-state index >= 15 is 0 Å². The Labute approximate surface area is 99.2 Å². The fourth-order valence-electron chi connectivity index (χ4n) is 1.88. The number of hydrogen-bond donors (Lipinski definition) is 0. The van der Waals surface area contributed by atoms with Crippen molar-refractivity contribution in [2.75, 3.05) is 27.4 Å². The van der Waals surface area contributed by atoms with Crippen molar-refractivity contribution in [1.29, 1.82) is 0 Å². The standard InChI is InChI=1S/C14H23NO/c1-11-6-7-14(13(3)12(11)2)8-9-15(4)10-16-5/h6-7H,8-10H2,1-5H3. The highest BCUT2D eigenvalue weighted by Crippen LogP contribution is 2.17. The average molecular weight is 221 g/mol. The van der Waals surface area contributed by atoms with Crippen molar-refractivity contribution in [3.63, 3.8) is 0 Å². The minimum atomic E-state index is 0.698. The molecule has 0 aromatic heterocycles. The molecule has 0 N–H and O–H groups in total. The minimum absolute atomic E-state index is 0.698.